The quantitative estimate of drug-likeness (QED) is 0.204. The topological polar surface area (TPSA) is 36.9 Å². The van der Waals surface area contributed by atoms with Gasteiger partial charge in [-0.2, -0.15) is 24.3 Å². The molecule has 0 fully saturated rings. The van der Waals surface area contributed by atoms with Crippen LogP contribution < -0.4 is 0 Å². The molecule has 0 aromatic carbocycles. The predicted molar refractivity (Wildman–Crippen MR) is 128 cm³/mol. The molecule has 0 aromatic rings. The first kappa shape index (κ1) is 33.9. The predicted octanol–water partition coefficient (Wildman–Crippen LogP) is 6.12. The standard InChI is InChI=1S/2C9H15O2Si.C2H4.2ClH.Zr/c2*1-12(2,3)11-8-10-9-6-4-5-7-9;1-2;;;/h2*4,6H,5,8H2,1-3H3;1H,2H3;2*1H;/q2*-1;;;;+2. The zero-order valence-electron chi connectivity index (χ0n) is 18.7. The van der Waals surface area contributed by atoms with E-state index in [1.165, 1.54) is 24.2 Å². The molecule has 0 aliphatic heterocycles. The largest absolute Gasteiger partial charge is 0.507 e. The van der Waals surface area contributed by atoms with Crippen molar-refractivity contribution in [3.63, 3.8) is 0 Å². The van der Waals surface area contributed by atoms with E-state index in [0.29, 0.717) is 13.6 Å². The van der Waals surface area contributed by atoms with Gasteiger partial charge in [-0.25, -0.2) is 12.2 Å². The Morgan fingerprint density at radius 1 is 0.828 bits per heavy atom. The van der Waals surface area contributed by atoms with E-state index < -0.39 is 16.6 Å². The summed E-state index contributed by atoms with van der Waals surface area (Å²) in [6.45, 7) is 15.6. The van der Waals surface area contributed by atoms with Crippen molar-refractivity contribution in [3.05, 3.63) is 48.0 Å². The van der Waals surface area contributed by atoms with Gasteiger partial charge in [-0.1, -0.05) is 0 Å². The van der Waals surface area contributed by atoms with E-state index in [4.69, 9.17) is 18.3 Å². The summed E-state index contributed by atoms with van der Waals surface area (Å²) in [7, 11) is -2.84. The average molecular weight is 559 g/mol. The van der Waals surface area contributed by atoms with Crippen LogP contribution in [-0.4, -0.2) is 33.9 Å². The first-order chi connectivity index (χ1) is 12.6. The molecule has 2 rings (SSSR count). The second kappa shape index (κ2) is 19.0. The van der Waals surface area contributed by atoms with Crippen LogP contribution in [0.5, 0.6) is 0 Å². The van der Waals surface area contributed by atoms with Crippen LogP contribution in [0.1, 0.15) is 19.8 Å². The third-order valence-electron chi connectivity index (χ3n) is 2.74. The van der Waals surface area contributed by atoms with Gasteiger partial charge in [-0.15, -0.1) is 37.7 Å². The van der Waals surface area contributed by atoms with Crippen molar-refractivity contribution in [1.82, 2.24) is 0 Å². The molecule has 0 atom stereocenters. The first-order valence-corrected chi connectivity index (χ1v) is 17.3. The van der Waals surface area contributed by atoms with Gasteiger partial charge in [-0.3, -0.25) is 0 Å². The zero-order chi connectivity index (χ0) is 20.8. The second-order valence-corrected chi connectivity index (χ2v) is 18.1. The van der Waals surface area contributed by atoms with Gasteiger partial charge in [0.2, 0.25) is 0 Å². The molecule has 0 unspecified atom stereocenters. The van der Waals surface area contributed by atoms with Gasteiger partial charge in [0.1, 0.15) is 0 Å². The van der Waals surface area contributed by atoms with Crippen LogP contribution in [0.25, 0.3) is 0 Å². The van der Waals surface area contributed by atoms with Crippen LogP contribution in [0, 0.1) is 12.2 Å². The fraction of sp³-hybridized carbons (Fsp3) is 0.550. The summed E-state index contributed by atoms with van der Waals surface area (Å²) in [6, 6.07) is 0. The smallest absolute Gasteiger partial charge is 0.188 e. The van der Waals surface area contributed by atoms with E-state index in [2.05, 4.69) is 55.1 Å². The molecule has 0 aromatic heterocycles. The maximum atomic E-state index is 5.51. The summed E-state index contributed by atoms with van der Waals surface area (Å²) in [5.74, 6) is 1.63. The van der Waals surface area contributed by atoms with Crippen molar-refractivity contribution < 1.29 is 42.6 Å². The molecule has 9 heteroatoms. The number of rotatable bonds is 8. The minimum absolute atomic E-state index is 0. The zero-order valence-corrected chi connectivity index (χ0v) is 24.8. The fourth-order valence-electron chi connectivity index (χ4n) is 1.51. The minimum Gasteiger partial charge on any atom is -0.507 e. The SMILES string of the molecule is C[CH]=[Zr+2].C[Si](C)(C)OCOC1=[C-]CC=C1.C[Si](C)(C)OCOC1=[C-]CC=C1.Cl.Cl. The Kier molecular flexibility index (Phi) is 22.2. The Balaban J connectivity index is -0.000000387. The van der Waals surface area contributed by atoms with Crippen molar-refractivity contribution in [2.45, 2.75) is 59.0 Å². The monoisotopic (exact) mass is 556 g/mol. The van der Waals surface area contributed by atoms with Crippen LogP contribution in [0.15, 0.2) is 35.8 Å². The maximum Gasteiger partial charge on any atom is 0.188 e. The van der Waals surface area contributed by atoms with Gasteiger partial charge in [0, 0.05) is 0 Å². The average Bonchev–Trinajstić information content (AvgIpc) is 3.19. The van der Waals surface area contributed by atoms with E-state index in [1.54, 1.807) is 0 Å². The molecule has 0 heterocycles. The number of allylic oxidation sites excluding steroid dienone is 6. The molecule has 0 radical (unpaired) electrons. The van der Waals surface area contributed by atoms with Gasteiger partial charge >= 0.3 is 34.9 Å². The van der Waals surface area contributed by atoms with Gasteiger partial charge < -0.3 is 18.3 Å². The molecule has 0 saturated carbocycles. The first-order valence-electron chi connectivity index (χ1n) is 9.10. The summed E-state index contributed by atoms with van der Waals surface area (Å²) in [4.78, 5) is 0. The number of ether oxygens (including phenoxy) is 2. The van der Waals surface area contributed by atoms with E-state index in [0.717, 1.165) is 24.4 Å². The third kappa shape index (κ3) is 24.4. The molecule has 0 spiro atoms. The molecule has 29 heavy (non-hydrogen) atoms. The van der Waals surface area contributed by atoms with Crippen molar-refractivity contribution in [1.29, 1.82) is 0 Å². The number of hydrogen-bond acceptors (Lipinski definition) is 4. The Hall–Kier alpha value is 0.247. The van der Waals surface area contributed by atoms with E-state index in [1.807, 2.05) is 31.2 Å². The van der Waals surface area contributed by atoms with Crippen molar-refractivity contribution >= 4 is 45.2 Å². The van der Waals surface area contributed by atoms with Crippen LogP contribution in [0.4, 0.5) is 0 Å². The molecular weight excluding hydrogens is 523 g/mol. The molecule has 166 valence electrons. The van der Waals surface area contributed by atoms with Gasteiger partial charge in [0.05, 0.1) is 0 Å². The fourth-order valence-corrected chi connectivity index (χ4v) is 2.33. The van der Waals surface area contributed by atoms with Gasteiger partial charge in [0.15, 0.2) is 30.2 Å². The Morgan fingerprint density at radius 2 is 1.14 bits per heavy atom. The summed E-state index contributed by atoms with van der Waals surface area (Å²) >= 11 is 1.51. The normalized spacial score (nSPS) is 14.1. The molecule has 0 amide bonds. The van der Waals surface area contributed by atoms with Crippen molar-refractivity contribution in [2.24, 2.45) is 0 Å². The molecular formula is C20H36Cl2O4Si2Zr. The Labute approximate surface area is 207 Å². The van der Waals surface area contributed by atoms with E-state index in [-0.39, 0.29) is 24.8 Å². The van der Waals surface area contributed by atoms with Gasteiger partial charge in [-0.05, 0) is 50.8 Å². The second-order valence-electron chi connectivity index (χ2n) is 7.62. The summed E-state index contributed by atoms with van der Waals surface area (Å²) in [6.07, 6.45) is 15.7. The van der Waals surface area contributed by atoms with Crippen molar-refractivity contribution in [3.8, 4) is 0 Å². The molecule has 2 aliphatic rings. The van der Waals surface area contributed by atoms with Gasteiger partial charge in [0.25, 0.3) is 0 Å². The summed E-state index contributed by atoms with van der Waals surface area (Å²) in [5.41, 5.74) is 0. The molecule has 0 N–H and O–H groups in total. The van der Waals surface area contributed by atoms with E-state index >= 15 is 0 Å². The van der Waals surface area contributed by atoms with Crippen LogP contribution in [0.2, 0.25) is 39.3 Å². The van der Waals surface area contributed by atoms with Crippen LogP contribution in [-0.2, 0) is 42.6 Å². The molecule has 2 aliphatic carbocycles. The number of halogens is 2. The maximum absolute atomic E-state index is 5.51. The summed E-state index contributed by atoms with van der Waals surface area (Å²) < 4.78 is 23.7. The number of hydrogen-bond donors (Lipinski definition) is 0. The Morgan fingerprint density at radius 3 is 1.34 bits per heavy atom. The Bertz CT molecular complexity index is 506. The summed E-state index contributed by atoms with van der Waals surface area (Å²) in [5, 5.41) is 0. The van der Waals surface area contributed by atoms with Crippen LogP contribution in [0.3, 0.4) is 0 Å². The molecule has 4 nitrogen and oxygen atoms in total. The van der Waals surface area contributed by atoms with E-state index in [9.17, 15) is 0 Å². The molecule has 0 bridgehead atoms. The third-order valence-corrected chi connectivity index (χ3v) is 4.71. The minimum atomic E-state index is -1.42. The van der Waals surface area contributed by atoms with Crippen LogP contribution >= 0.6 is 24.8 Å². The van der Waals surface area contributed by atoms with Crippen molar-refractivity contribution in [2.75, 3.05) is 13.6 Å². The molecule has 0 saturated heterocycles.